The summed E-state index contributed by atoms with van der Waals surface area (Å²) in [6.45, 7) is 0.0674. The second-order valence-electron chi connectivity index (χ2n) is 7.77. The number of ether oxygens (including phenoxy) is 1. The zero-order valence-electron chi connectivity index (χ0n) is 18.9. The van der Waals surface area contributed by atoms with Crippen LogP contribution in [0.5, 0.6) is 0 Å². The van der Waals surface area contributed by atoms with Crippen molar-refractivity contribution < 1.29 is 23.1 Å². The van der Waals surface area contributed by atoms with Gasteiger partial charge in [0.2, 0.25) is 5.91 Å². The quantitative estimate of drug-likeness (QED) is 0.397. The smallest absolute Gasteiger partial charge is 0.251 e. The van der Waals surface area contributed by atoms with Gasteiger partial charge in [-0.1, -0.05) is 29.5 Å². The molecule has 1 aromatic heterocycles. The van der Waals surface area contributed by atoms with Crippen LogP contribution in [-0.2, 0) is 20.9 Å². The van der Waals surface area contributed by atoms with Crippen molar-refractivity contribution in [3.63, 3.8) is 0 Å². The van der Waals surface area contributed by atoms with E-state index >= 15 is 0 Å². The molecule has 0 bridgehead atoms. The van der Waals surface area contributed by atoms with Gasteiger partial charge in [0, 0.05) is 19.3 Å². The first kappa shape index (κ1) is 24.0. The van der Waals surface area contributed by atoms with Crippen LogP contribution in [0.4, 0.5) is 14.5 Å². The second kappa shape index (κ2) is 10.8. The number of hydrogen-bond donors (Lipinski definition) is 1. The van der Waals surface area contributed by atoms with E-state index in [0.29, 0.717) is 22.3 Å². The van der Waals surface area contributed by atoms with Crippen molar-refractivity contribution in [3.05, 3.63) is 90.0 Å². The monoisotopic (exact) mass is 479 g/mol. The summed E-state index contributed by atoms with van der Waals surface area (Å²) in [4.78, 5) is 28.3. The Hall–Kier alpha value is -4.18. The van der Waals surface area contributed by atoms with E-state index < -0.39 is 29.5 Å². The first-order valence-electron chi connectivity index (χ1n) is 10.8. The van der Waals surface area contributed by atoms with Gasteiger partial charge in [0.15, 0.2) is 0 Å². The van der Waals surface area contributed by atoms with Gasteiger partial charge >= 0.3 is 0 Å². The molecule has 0 spiro atoms. The molecule has 1 N–H and O–H groups in total. The Bertz CT molecular complexity index is 1310. The van der Waals surface area contributed by atoms with Crippen LogP contribution in [0.3, 0.4) is 0 Å². The summed E-state index contributed by atoms with van der Waals surface area (Å²) < 4.78 is 33.6. The summed E-state index contributed by atoms with van der Waals surface area (Å²) in [5, 5.41) is 10.8. The van der Waals surface area contributed by atoms with Crippen LogP contribution >= 0.6 is 0 Å². The molecule has 3 aromatic carbocycles. The number of anilines is 1. The van der Waals surface area contributed by atoms with Crippen molar-refractivity contribution in [1.29, 1.82) is 0 Å². The third-order valence-electron chi connectivity index (χ3n) is 5.42. The summed E-state index contributed by atoms with van der Waals surface area (Å²) in [6.07, 6.45) is 0. The number of rotatable bonds is 9. The fourth-order valence-corrected chi connectivity index (χ4v) is 3.70. The standard InChI is InChI=1S/C25H23F2N5O3/c1-35-15-14-31(23(33)16-32-22-5-3-2-4-21(22)29-30-32)24(17-6-8-18(26)9-7-17)25(34)28-20-12-10-19(27)11-13-20/h2-13,24H,14-16H2,1H3,(H,28,34). The van der Waals surface area contributed by atoms with Crippen LogP contribution in [-0.4, -0.2) is 52.0 Å². The highest BCUT2D eigenvalue weighted by Gasteiger charge is 2.32. The number of nitrogens with zero attached hydrogens (tertiary/aromatic N) is 4. The fraction of sp³-hybridized carbons (Fsp3) is 0.200. The Balaban J connectivity index is 1.68. The highest BCUT2D eigenvalue weighted by molar-refractivity contribution is 5.98. The molecule has 0 radical (unpaired) electrons. The molecule has 1 atom stereocenters. The largest absolute Gasteiger partial charge is 0.383 e. The van der Waals surface area contributed by atoms with Crippen molar-refractivity contribution in [1.82, 2.24) is 19.9 Å². The molecule has 1 heterocycles. The maximum absolute atomic E-state index is 13.6. The summed E-state index contributed by atoms with van der Waals surface area (Å²) in [5.74, 6) is -1.89. The van der Waals surface area contributed by atoms with E-state index in [1.807, 2.05) is 12.1 Å². The number of aromatic nitrogens is 3. The lowest BCUT2D eigenvalue weighted by atomic mass is 10.0. The Morgan fingerprint density at radius 2 is 1.66 bits per heavy atom. The molecule has 0 aliphatic heterocycles. The molecule has 0 fully saturated rings. The molecule has 0 saturated carbocycles. The number of hydrogen-bond acceptors (Lipinski definition) is 5. The SMILES string of the molecule is COCCN(C(=O)Cn1nnc2ccccc21)C(C(=O)Nc1ccc(F)cc1)c1ccc(F)cc1. The fourth-order valence-electron chi connectivity index (χ4n) is 3.70. The van der Waals surface area contributed by atoms with E-state index in [4.69, 9.17) is 4.74 Å². The number of amides is 2. The lowest BCUT2D eigenvalue weighted by Crippen LogP contribution is -2.44. The predicted octanol–water partition coefficient (Wildman–Crippen LogP) is 3.56. The van der Waals surface area contributed by atoms with Crippen molar-refractivity contribution in [3.8, 4) is 0 Å². The van der Waals surface area contributed by atoms with Gasteiger partial charge < -0.3 is 15.0 Å². The Morgan fingerprint density at radius 3 is 2.34 bits per heavy atom. The van der Waals surface area contributed by atoms with Crippen LogP contribution < -0.4 is 5.32 Å². The summed E-state index contributed by atoms with van der Waals surface area (Å²) in [5.41, 5.74) is 2.05. The zero-order valence-corrected chi connectivity index (χ0v) is 18.9. The highest BCUT2D eigenvalue weighted by atomic mass is 19.1. The lowest BCUT2D eigenvalue weighted by molar-refractivity contribution is -0.140. The van der Waals surface area contributed by atoms with E-state index in [2.05, 4.69) is 15.6 Å². The minimum absolute atomic E-state index is 0.0842. The number of carbonyl (C=O) groups excluding carboxylic acids is 2. The van der Waals surface area contributed by atoms with Gasteiger partial charge in [0.25, 0.3) is 5.91 Å². The van der Waals surface area contributed by atoms with Crippen molar-refractivity contribution in [2.75, 3.05) is 25.6 Å². The molecule has 4 rings (SSSR count). The van der Waals surface area contributed by atoms with Crippen molar-refractivity contribution >= 4 is 28.5 Å². The van der Waals surface area contributed by atoms with Crippen LogP contribution in [0, 0.1) is 11.6 Å². The molecule has 0 saturated heterocycles. The number of nitrogens with one attached hydrogen (secondary N) is 1. The van der Waals surface area contributed by atoms with Crippen LogP contribution in [0.1, 0.15) is 11.6 Å². The van der Waals surface area contributed by atoms with Crippen molar-refractivity contribution in [2.45, 2.75) is 12.6 Å². The molecule has 8 nitrogen and oxygen atoms in total. The van der Waals surface area contributed by atoms with Gasteiger partial charge in [-0.3, -0.25) is 9.59 Å². The average molecular weight is 479 g/mol. The summed E-state index contributed by atoms with van der Waals surface area (Å²) in [7, 11) is 1.49. The normalized spacial score (nSPS) is 11.9. The molecule has 2 amide bonds. The maximum Gasteiger partial charge on any atom is 0.251 e. The van der Waals surface area contributed by atoms with Gasteiger partial charge in [-0.05, 0) is 54.1 Å². The van der Waals surface area contributed by atoms with E-state index in [1.54, 1.807) is 12.1 Å². The minimum atomic E-state index is -1.11. The van der Waals surface area contributed by atoms with Gasteiger partial charge in [0.05, 0.1) is 12.1 Å². The molecule has 10 heteroatoms. The number of carbonyl (C=O) groups is 2. The molecule has 0 aliphatic rings. The van der Waals surface area contributed by atoms with E-state index in [1.165, 1.54) is 65.2 Å². The predicted molar refractivity (Wildman–Crippen MR) is 125 cm³/mol. The van der Waals surface area contributed by atoms with Gasteiger partial charge in [0.1, 0.15) is 29.7 Å². The topological polar surface area (TPSA) is 89.3 Å². The minimum Gasteiger partial charge on any atom is -0.383 e. The number of halogens is 2. The second-order valence-corrected chi connectivity index (χ2v) is 7.77. The summed E-state index contributed by atoms with van der Waals surface area (Å²) in [6, 6.07) is 16.7. The van der Waals surface area contributed by atoms with E-state index in [9.17, 15) is 18.4 Å². The molecule has 0 aliphatic carbocycles. The van der Waals surface area contributed by atoms with Crippen LogP contribution in [0.2, 0.25) is 0 Å². The van der Waals surface area contributed by atoms with Crippen LogP contribution in [0.25, 0.3) is 11.0 Å². The molecule has 180 valence electrons. The van der Waals surface area contributed by atoms with E-state index in [0.717, 1.165) is 0 Å². The molecule has 35 heavy (non-hydrogen) atoms. The summed E-state index contributed by atoms with van der Waals surface area (Å²) >= 11 is 0. The third-order valence-corrected chi connectivity index (χ3v) is 5.42. The Kier molecular flexibility index (Phi) is 7.41. The van der Waals surface area contributed by atoms with E-state index in [-0.39, 0.29) is 19.7 Å². The molecular weight excluding hydrogens is 456 g/mol. The number of fused-ring (bicyclic) bond motifs is 1. The van der Waals surface area contributed by atoms with Gasteiger partial charge in [-0.2, -0.15) is 0 Å². The first-order chi connectivity index (χ1) is 17.0. The number of benzene rings is 3. The highest BCUT2D eigenvalue weighted by Crippen LogP contribution is 2.25. The number of para-hydroxylation sites is 1. The van der Waals surface area contributed by atoms with Gasteiger partial charge in [-0.25, -0.2) is 13.5 Å². The Labute approximate surface area is 200 Å². The maximum atomic E-state index is 13.6. The average Bonchev–Trinajstić information content (AvgIpc) is 3.26. The first-order valence-corrected chi connectivity index (χ1v) is 10.8. The zero-order chi connectivity index (χ0) is 24.8. The third kappa shape index (κ3) is 5.67. The van der Waals surface area contributed by atoms with Crippen molar-refractivity contribution in [2.24, 2.45) is 0 Å². The van der Waals surface area contributed by atoms with Crippen LogP contribution in [0.15, 0.2) is 72.8 Å². The Morgan fingerprint density at radius 1 is 1.00 bits per heavy atom. The number of methoxy groups -OCH3 is 1. The molecule has 1 unspecified atom stereocenters. The molecular formula is C25H23F2N5O3. The molecule has 4 aromatic rings. The van der Waals surface area contributed by atoms with Gasteiger partial charge in [-0.15, -0.1) is 5.10 Å². The lowest BCUT2D eigenvalue weighted by Gasteiger charge is -2.31.